The quantitative estimate of drug-likeness (QED) is 0.577. The largest absolute Gasteiger partial charge is 0.391 e. The van der Waals surface area contributed by atoms with Crippen LogP contribution in [0.4, 0.5) is 5.69 Å². The molecule has 106 valence electrons. The molecule has 0 aliphatic rings. The Labute approximate surface area is 114 Å². The highest BCUT2D eigenvalue weighted by atomic mass is 32.2. The van der Waals surface area contributed by atoms with Gasteiger partial charge < -0.3 is 10.4 Å². The summed E-state index contributed by atoms with van der Waals surface area (Å²) in [5, 5.41) is 23.3. The number of hydrogen-bond acceptors (Lipinski definition) is 5. The van der Waals surface area contributed by atoms with Crippen LogP contribution in [0.25, 0.3) is 0 Å². The van der Waals surface area contributed by atoms with Gasteiger partial charge in [0, 0.05) is 29.6 Å². The first-order valence-electron chi connectivity index (χ1n) is 5.94. The first-order chi connectivity index (χ1) is 8.90. The monoisotopic (exact) mass is 286 g/mol. The number of hydrogen-bond donors (Lipinski definition) is 2. The van der Waals surface area contributed by atoms with Crippen LogP contribution in [-0.4, -0.2) is 38.7 Å². The zero-order valence-electron chi connectivity index (χ0n) is 10.9. The van der Waals surface area contributed by atoms with Crippen LogP contribution in [0.1, 0.15) is 13.8 Å². The molecule has 19 heavy (non-hydrogen) atoms. The molecule has 0 fully saturated rings. The molecule has 2 N–H and O–H groups in total. The molecule has 0 aromatic heterocycles. The van der Waals surface area contributed by atoms with Gasteiger partial charge in [0.2, 0.25) is 0 Å². The second kappa shape index (κ2) is 7.32. The van der Waals surface area contributed by atoms with Crippen molar-refractivity contribution >= 4 is 16.5 Å². The lowest BCUT2D eigenvalue weighted by Gasteiger charge is -2.13. The third kappa shape index (κ3) is 5.46. The van der Waals surface area contributed by atoms with Gasteiger partial charge in [0.1, 0.15) is 0 Å². The summed E-state index contributed by atoms with van der Waals surface area (Å²) >= 11 is 0. The van der Waals surface area contributed by atoms with E-state index in [1.165, 1.54) is 24.3 Å². The minimum absolute atomic E-state index is 0.0391. The first kappa shape index (κ1) is 15.7. The van der Waals surface area contributed by atoms with Crippen molar-refractivity contribution < 1.29 is 14.2 Å². The predicted molar refractivity (Wildman–Crippen MR) is 73.5 cm³/mol. The van der Waals surface area contributed by atoms with Gasteiger partial charge in [-0.2, -0.15) is 0 Å². The van der Waals surface area contributed by atoms with Crippen molar-refractivity contribution in [2.75, 3.05) is 12.3 Å². The summed E-state index contributed by atoms with van der Waals surface area (Å²) < 4.78 is 11.9. The highest BCUT2D eigenvalue weighted by molar-refractivity contribution is 7.85. The van der Waals surface area contributed by atoms with Crippen LogP contribution >= 0.6 is 0 Å². The second-order valence-electron chi connectivity index (χ2n) is 4.48. The van der Waals surface area contributed by atoms with E-state index in [0.29, 0.717) is 11.4 Å². The summed E-state index contributed by atoms with van der Waals surface area (Å²) in [4.78, 5) is 10.5. The summed E-state index contributed by atoms with van der Waals surface area (Å²) in [6.45, 7) is 4.29. The van der Waals surface area contributed by atoms with Crippen molar-refractivity contribution in [2.24, 2.45) is 0 Å². The molecule has 1 aromatic rings. The highest BCUT2D eigenvalue weighted by Crippen LogP contribution is 2.15. The molecule has 0 aliphatic carbocycles. The van der Waals surface area contributed by atoms with Crippen molar-refractivity contribution in [1.82, 2.24) is 5.32 Å². The molecule has 7 heteroatoms. The van der Waals surface area contributed by atoms with Gasteiger partial charge in [0.05, 0.1) is 27.6 Å². The third-order valence-electron chi connectivity index (χ3n) is 2.42. The Balaban J connectivity index is 2.55. The molecular formula is C12H18N2O4S. The van der Waals surface area contributed by atoms with Crippen LogP contribution in [0.5, 0.6) is 0 Å². The fourth-order valence-electron chi connectivity index (χ4n) is 1.42. The van der Waals surface area contributed by atoms with E-state index < -0.39 is 21.8 Å². The summed E-state index contributed by atoms with van der Waals surface area (Å²) in [7, 11) is -1.36. The molecule has 0 saturated carbocycles. The van der Waals surface area contributed by atoms with Gasteiger partial charge in [-0.25, -0.2) is 0 Å². The minimum Gasteiger partial charge on any atom is -0.391 e. The Kier molecular flexibility index (Phi) is 6.07. The summed E-state index contributed by atoms with van der Waals surface area (Å²) in [6, 6.07) is 5.79. The molecule has 0 amide bonds. The van der Waals surface area contributed by atoms with Crippen LogP contribution in [0.15, 0.2) is 29.2 Å². The van der Waals surface area contributed by atoms with E-state index in [2.05, 4.69) is 5.32 Å². The molecule has 0 heterocycles. The SMILES string of the molecule is CC(C)NCC(O)CS(=O)c1ccc([N+](=O)[O-])cc1. The first-order valence-corrected chi connectivity index (χ1v) is 7.26. The number of nitrogens with zero attached hydrogens (tertiary/aromatic N) is 1. The van der Waals surface area contributed by atoms with Crippen molar-refractivity contribution in [3.8, 4) is 0 Å². The normalized spacial score (nSPS) is 14.3. The lowest BCUT2D eigenvalue weighted by molar-refractivity contribution is -0.384. The van der Waals surface area contributed by atoms with E-state index in [0.717, 1.165) is 0 Å². The van der Waals surface area contributed by atoms with Gasteiger partial charge in [-0.05, 0) is 12.1 Å². The molecule has 0 spiro atoms. The Bertz CT molecular complexity index is 448. The number of aliphatic hydroxyl groups excluding tert-OH is 1. The molecule has 1 rings (SSSR count). The van der Waals surface area contributed by atoms with Crippen LogP contribution in [-0.2, 0) is 10.8 Å². The fraction of sp³-hybridized carbons (Fsp3) is 0.500. The highest BCUT2D eigenvalue weighted by Gasteiger charge is 2.13. The minimum atomic E-state index is -1.36. The Morgan fingerprint density at radius 2 is 1.95 bits per heavy atom. The van der Waals surface area contributed by atoms with Crippen LogP contribution < -0.4 is 5.32 Å². The van der Waals surface area contributed by atoms with Crippen LogP contribution in [0.2, 0.25) is 0 Å². The van der Waals surface area contributed by atoms with Crippen molar-refractivity contribution in [1.29, 1.82) is 0 Å². The van der Waals surface area contributed by atoms with E-state index in [-0.39, 0.29) is 17.5 Å². The zero-order chi connectivity index (χ0) is 14.4. The number of non-ortho nitro benzene ring substituents is 1. The maximum Gasteiger partial charge on any atom is 0.269 e. The number of nitro benzene ring substituents is 1. The Morgan fingerprint density at radius 1 is 1.37 bits per heavy atom. The average molecular weight is 286 g/mol. The predicted octanol–water partition coefficient (Wildman–Crippen LogP) is 1.06. The van der Waals surface area contributed by atoms with Gasteiger partial charge >= 0.3 is 0 Å². The van der Waals surface area contributed by atoms with Crippen LogP contribution in [0.3, 0.4) is 0 Å². The number of aliphatic hydroxyl groups is 1. The standard InChI is InChI=1S/C12H18N2O4S/c1-9(2)13-7-11(15)8-19(18)12-5-3-10(4-6-12)14(16)17/h3-6,9,11,13,15H,7-8H2,1-2H3. The molecule has 6 nitrogen and oxygen atoms in total. The third-order valence-corrected chi connectivity index (χ3v) is 3.90. The van der Waals surface area contributed by atoms with Gasteiger partial charge in [-0.3, -0.25) is 14.3 Å². The molecule has 2 atom stereocenters. The molecular weight excluding hydrogens is 268 g/mol. The van der Waals surface area contributed by atoms with E-state index in [1.807, 2.05) is 13.8 Å². The van der Waals surface area contributed by atoms with Gasteiger partial charge in [-0.15, -0.1) is 0 Å². The van der Waals surface area contributed by atoms with E-state index in [4.69, 9.17) is 0 Å². The van der Waals surface area contributed by atoms with Gasteiger partial charge in [0.25, 0.3) is 5.69 Å². The molecule has 2 unspecified atom stereocenters. The molecule has 0 radical (unpaired) electrons. The number of rotatable bonds is 7. The number of benzene rings is 1. The zero-order valence-corrected chi connectivity index (χ0v) is 11.7. The molecule has 0 aliphatic heterocycles. The second-order valence-corrected chi connectivity index (χ2v) is 5.98. The molecule has 1 aromatic carbocycles. The van der Waals surface area contributed by atoms with Gasteiger partial charge in [-0.1, -0.05) is 13.8 Å². The van der Waals surface area contributed by atoms with Crippen LogP contribution in [0, 0.1) is 10.1 Å². The lowest BCUT2D eigenvalue weighted by atomic mass is 10.3. The van der Waals surface area contributed by atoms with Crippen molar-refractivity contribution in [3.63, 3.8) is 0 Å². The van der Waals surface area contributed by atoms with Crippen molar-refractivity contribution in [3.05, 3.63) is 34.4 Å². The fourth-order valence-corrected chi connectivity index (χ4v) is 2.52. The van der Waals surface area contributed by atoms with Crippen molar-refractivity contribution in [2.45, 2.75) is 30.9 Å². The van der Waals surface area contributed by atoms with E-state index >= 15 is 0 Å². The van der Waals surface area contributed by atoms with E-state index in [1.54, 1.807) is 0 Å². The lowest BCUT2D eigenvalue weighted by Crippen LogP contribution is -2.34. The number of nitrogens with one attached hydrogen (secondary N) is 1. The number of nitro groups is 1. The maximum atomic E-state index is 11.9. The average Bonchev–Trinajstić information content (AvgIpc) is 2.36. The Hall–Kier alpha value is -1.31. The summed E-state index contributed by atoms with van der Waals surface area (Å²) in [5.41, 5.74) is -0.0391. The smallest absolute Gasteiger partial charge is 0.269 e. The van der Waals surface area contributed by atoms with E-state index in [9.17, 15) is 19.4 Å². The summed E-state index contributed by atoms with van der Waals surface area (Å²) in [5.74, 6) is 0.109. The summed E-state index contributed by atoms with van der Waals surface area (Å²) in [6.07, 6.45) is -0.710. The molecule has 0 saturated heterocycles. The topological polar surface area (TPSA) is 92.5 Å². The maximum absolute atomic E-state index is 11.9. The van der Waals surface area contributed by atoms with Gasteiger partial charge in [0.15, 0.2) is 0 Å². The Morgan fingerprint density at radius 3 is 2.42 bits per heavy atom. The molecule has 0 bridgehead atoms.